The molecule has 1 N–H and O–H groups in total. The molecule has 0 unspecified atom stereocenters. The second kappa shape index (κ2) is 10.1. The molecule has 0 fully saturated rings. The number of alkyl halides is 3. The highest BCUT2D eigenvalue weighted by Crippen LogP contribution is 2.18. The fraction of sp³-hybridized carbons (Fsp3) is 0.450. The van der Waals surface area contributed by atoms with Gasteiger partial charge in [-0.2, -0.15) is 24.5 Å². The Morgan fingerprint density at radius 1 is 1.16 bits per heavy atom. The second-order valence-electron chi connectivity index (χ2n) is 8.00. The van der Waals surface area contributed by atoms with Crippen molar-refractivity contribution in [1.29, 1.82) is 0 Å². The number of carbonyl (C=O) groups excluding carboxylic acids is 3. The van der Waals surface area contributed by atoms with Crippen LogP contribution < -0.4 is 5.32 Å². The minimum atomic E-state index is -5.28. The van der Waals surface area contributed by atoms with Gasteiger partial charge in [-0.15, -0.1) is 0 Å². The normalized spacial score (nSPS) is 13.0. The highest BCUT2D eigenvalue weighted by atomic mass is 32.1. The first kappa shape index (κ1) is 24.6. The van der Waals surface area contributed by atoms with Crippen LogP contribution in [0, 0.1) is 0 Å². The van der Waals surface area contributed by atoms with Gasteiger partial charge in [-0.05, 0) is 40.9 Å². The van der Waals surface area contributed by atoms with Crippen LogP contribution in [0.1, 0.15) is 28.3 Å². The zero-order chi connectivity index (χ0) is 23.2. The number of esters is 2. The number of rotatable bonds is 9. The van der Waals surface area contributed by atoms with Crippen molar-refractivity contribution in [2.24, 2.45) is 0 Å². The summed E-state index contributed by atoms with van der Waals surface area (Å²) in [6.07, 6.45) is -4.53. The predicted molar refractivity (Wildman–Crippen MR) is 106 cm³/mol. The molecule has 11 heteroatoms. The molecule has 0 radical (unpaired) electrons. The van der Waals surface area contributed by atoms with Gasteiger partial charge in [0.15, 0.2) is 5.76 Å². The molecule has 31 heavy (non-hydrogen) atoms. The quantitative estimate of drug-likeness (QED) is 0.353. The maximum absolute atomic E-state index is 12.5. The topological polar surface area (TPSA) is 85.6 Å². The van der Waals surface area contributed by atoms with Gasteiger partial charge in [0.05, 0.1) is 40.2 Å². The first-order valence-corrected chi connectivity index (χ1v) is 10.3. The Morgan fingerprint density at radius 2 is 1.87 bits per heavy atom. The molecule has 0 aliphatic carbocycles. The molecule has 170 valence electrons. The van der Waals surface area contributed by atoms with E-state index in [9.17, 15) is 27.6 Å². The lowest BCUT2D eigenvalue weighted by Gasteiger charge is -2.29. The third-order valence-corrected chi connectivity index (χ3v) is 4.81. The second-order valence-corrected chi connectivity index (χ2v) is 8.78. The van der Waals surface area contributed by atoms with Crippen LogP contribution in [-0.4, -0.2) is 62.2 Å². The van der Waals surface area contributed by atoms with Gasteiger partial charge < -0.3 is 19.0 Å². The Kier molecular flexibility index (Phi) is 8.02. The summed E-state index contributed by atoms with van der Waals surface area (Å²) in [7, 11) is 5.34. The fourth-order valence-electron chi connectivity index (χ4n) is 2.82. The molecule has 2 aromatic rings. The number of ether oxygens (including phenoxy) is 1. The Labute approximate surface area is 181 Å². The molecule has 0 saturated heterocycles. The first-order chi connectivity index (χ1) is 14.3. The van der Waals surface area contributed by atoms with E-state index < -0.39 is 36.5 Å². The van der Waals surface area contributed by atoms with Crippen molar-refractivity contribution >= 4 is 29.2 Å². The van der Waals surface area contributed by atoms with E-state index in [-0.39, 0.29) is 12.3 Å². The molecule has 0 aromatic carbocycles. The highest BCUT2D eigenvalue weighted by molar-refractivity contribution is 7.07. The summed E-state index contributed by atoms with van der Waals surface area (Å²) >= 11 is 1.59. The van der Waals surface area contributed by atoms with Crippen LogP contribution in [0.3, 0.4) is 0 Å². The van der Waals surface area contributed by atoms with Crippen LogP contribution >= 0.6 is 11.3 Å². The van der Waals surface area contributed by atoms with Gasteiger partial charge in [0, 0.05) is 6.42 Å². The number of hydrogen-bond acceptors (Lipinski definition) is 6. The summed E-state index contributed by atoms with van der Waals surface area (Å²) in [4.78, 5) is 35.2. The van der Waals surface area contributed by atoms with E-state index in [2.05, 4.69) is 10.1 Å². The van der Waals surface area contributed by atoms with Crippen molar-refractivity contribution in [1.82, 2.24) is 5.32 Å². The zero-order valence-corrected chi connectivity index (χ0v) is 18.1. The first-order valence-electron chi connectivity index (χ1n) is 9.36. The molecule has 2 heterocycles. The zero-order valence-electron chi connectivity index (χ0n) is 17.3. The Bertz CT molecular complexity index is 901. The van der Waals surface area contributed by atoms with Gasteiger partial charge in [0.25, 0.3) is 5.91 Å². The van der Waals surface area contributed by atoms with E-state index in [1.807, 2.05) is 16.8 Å². The van der Waals surface area contributed by atoms with Crippen molar-refractivity contribution in [2.45, 2.75) is 31.5 Å². The monoisotopic (exact) mass is 461 g/mol. The molecule has 7 nitrogen and oxygen atoms in total. The van der Waals surface area contributed by atoms with E-state index in [0.717, 1.165) is 12.0 Å². The van der Waals surface area contributed by atoms with Crippen molar-refractivity contribution < 1.29 is 41.2 Å². The molecule has 0 saturated carbocycles. The van der Waals surface area contributed by atoms with Crippen LogP contribution in [0.5, 0.6) is 0 Å². The summed E-state index contributed by atoms with van der Waals surface area (Å²) in [5.41, 5.74) is 1.15. The lowest BCUT2D eigenvalue weighted by atomic mass is 10.1. The maximum atomic E-state index is 12.5. The van der Waals surface area contributed by atoms with E-state index in [0.29, 0.717) is 16.7 Å². The lowest BCUT2D eigenvalue weighted by Crippen LogP contribution is -2.50. The summed E-state index contributed by atoms with van der Waals surface area (Å²) in [5.74, 6) is -3.96. The summed E-state index contributed by atoms with van der Waals surface area (Å²) < 4.78 is 46.6. The molecule has 1 amide bonds. The average molecular weight is 461 g/mol. The molecule has 2 aromatic heterocycles. The van der Waals surface area contributed by atoms with Crippen LogP contribution in [0.15, 0.2) is 33.4 Å². The number of hydrogen-bond donors (Lipinski definition) is 1. The van der Waals surface area contributed by atoms with Crippen LogP contribution in [0.25, 0.3) is 0 Å². The van der Waals surface area contributed by atoms with Crippen molar-refractivity contribution in [2.75, 3.05) is 27.7 Å². The van der Waals surface area contributed by atoms with Crippen LogP contribution in [0.4, 0.5) is 13.2 Å². The van der Waals surface area contributed by atoms with Gasteiger partial charge in [-0.3, -0.25) is 9.59 Å². The van der Waals surface area contributed by atoms with Crippen LogP contribution in [0.2, 0.25) is 0 Å². The highest BCUT2D eigenvalue weighted by Gasteiger charge is 2.42. The third-order valence-electron chi connectivity index (χ3n) is 4.08. The molecule has 0 bridgehead atoms. The SMILES string of the molecule is C[N+](C)(C)C[C@@H](CC(=O)OC(=O)C(F)(F)F)NC(=O)c1ccc(CCc2ccsc2)o1. The van der Waals surface area contributed by atoms with Gasteiger partial charge in [-0.1, -0.05) is 0 Å². The number of thiophene rings is 1. The number of nitrogens with one attached hydrogen (secondary N) is 1. The third kappa shape index (κ3) is 8.54. The predicted octanol–water partition coefficient (Wildman–Crippen LogP) is 2.95. The van der Waals surface area contributed by atoms with E-state index >= 15 is 0 Å². The molecule has 2 rings (SSSR count). The van der Waals surface area contributed by atoms with E-state index in [4.69, 9.17) is 4.42 Å². The van der Waals surface area contributed by atoms with Crippen molar-refractivity contribution in [3.05, 3.63) is 46.0 Å². The number of carbonyl (C=O) groups is 3. The lowest BCUT2D eigenvalue weighted by molar-refractivity contribution is -0.871. The van der Waals surface area contributed by atoms with E-state index in [1.54, 1.807) is 38.5 Å². The number of amides is 1. The molecular formula is C20H24F3N2O5S+. The largest absolute Gasteiger partial charge is 0.491 e. The molecular weight excluding hydrogens is 437 g/mol. The number of nitrogens with zero attached hydrogens (tertiary/aromatic N) is 1. The minimum absolute atomic E-state index is 0.0199. The summed E-state index contributed by atoms with van der Waals surface area (Å²) in [5, 5.41) is 6.57. The van der Waals surface area contributed by atoms with Crippen molar-refractivity contribution in [3.8, 4) is 0 Å². The van der Waals surface area contributed by atoms with Gasteiger partial charge in [0.1, 0.15) is 5.76 Å². The Morgan fingerprint density at radius 3 is 2.45 bits per heavy atom. The molecule has 1 atom stereocenters. The standard InChI is InChI=1S/C20H23F3N2O5S/c1-25(2,3)11-14(10-17(26)30-19(28)20(21,22)23)24-18(27)16-7-6-15(29-16)5-4-13-8-9-31-12-13/h6-9,12,14H,4-5,10-11H2,1-3H3/p+1/t14-/m1/s1. The van der Waals surface area contributed by atoms with Crippen LogP contribution in [-0.2, 0) is 27.2 Å². The Balaban J connectivity index is 1.99. The average Bonchev–Trinajstić information content (AvgIpc) is 3.29. The summed E-state index contributed by atoms with van der Waals surface area (Å²) in [6.45, 7) is 0.201. The number of furan rings is 1. The van der Waals surface area contributed by atoms with Crippen molar-refractivity contribution in [3.63, 3.8) is 0 Å². The Hall–Kier alpha value is -2.66. The summed E-state index contributed by atoms with van der Waals surface area (Å²) in [6, 6.07) is 4.29. The smallest absolute Gasteiger partial charge is 0.456 e. The van der Waals surface area contributed by atoms with E-state index in [1.165, 1.54) is 6.07 Å². The number of likely N-dealkylation sites (N-methyl/N-ethyl adjacent to an activating group) is 1. The molecule has 0 aliphatic heterocycles. The molecule has 0 spiro atoms. The number of quaternary nitrogens is 1. The van der Waals surface area contributed by atoms with Gasteiger partial charge in [0.2, 0.25) is 0 Å². The number of aryl methyl sites for hydroxylation is 2. The molecule has 0 aliphatic rings. The fourth-order valence-corrected chi connectivity index (χ4v) is 3.52. The minimum Gasteiger partial charge on any atom is -0.456 e. The van der Waals surface area contributed by atoms with Gasteiger partial charge in [-0.25, -0.2) is 4.79 Å². The van der Waals surface area contributed by atoms with Gasteiger partial charge >= 0.3 is 18.1 Å². The number of halogens is 3. The maximum Gasteiger partial charge on any atom is 0.491 e.